The summed E-state index contributed by atoms with van der Waals surface area (Å²) in [5, 5.41) is 12.1. The molecule has 1 aromatic carbocycles. The number of aliphatic imine (C=N–C) groups is 1. The molecule has 0 aliphatic heterocycles. The Morgan fingerprint density at radius 1 is 1.23 bits per heavy atom. The molecule has 0 amide bonds. The number of nitrogens with one attached hydrogen (secondary N) is 2. The number of rotatable bonds is 12. The maximum Gasteiger partial charge on any atom is 0.352 e. The van der Waals surface area contributed by atoms with Crippen molar-refractivity contribution in [1.29, 1.82) is 5.41 Å². The summed E-state index contributed by atoms with van der Waals surface area (Å²) in [6, 6.07) is 4.58. The number of pyridine rings is 1. The minimum Gasteiger partial charge on any atom is -0.479 e. The van der Waals surface area contributed by atoms with Crippen LogP contribution < -0.4 is 20.5 Å². The van der Waals surface area contributed by atoms with Crippen molar-refractivity contribution in [1.82, 2.24) is 14.5 Å². The van der Waals surface area contributed by atoms with Gasteiger partial charge in [-0.1, -0.05) is 43.1 Å². The Kier molecular flexibility index (Phi) is 11.2. The van der Waals surface area contributed by atoms with Crippen LogP contribution in [0.1, 0.15) is 32.4 Å². The molecule has 0 radical (unpaired) electrons. The topological polar surface area (TPSA) is 135 Å². The lowest BCUT2D eigenvalue weighted by molar-refractivity contribution is -0.135. The SMILES string of the molecule is CCOC(=O)C(=N)C(C(=Nc1cnc(N(C)C)nc1OC)C(C)C)C(Nc1cc(Cl)c(=O)n(C)c1)c1ccc(Cl)c(F)c1. The van der Waals surface area contributed by atoms with Gasteiger partial charge in [0.1, 0.15) is 22.2 Å². The second-order valence-corrected chi connectivity index (χ2v) is 10.9. The number of benzene rings is 1. The number of aromatic nitrogens is 3. The molecule has 43 heavy (non-hydrogen) atoms. The van der Waals surface area contributed by atoms with Crippen LogP contribution in [0.3, 0.4) is 0 Å². The highest BCUT2D eigenvalue weighted by Gasteiger charge is 2.37. The molecular formula is C29H34Cl2FN7O4. The fourth-order valence-electron chi connectivity index (χ4n) is 4.31. The number of methoxy groups -OCH3 is 1. The second-order valence-electron chi connectivity index (χ2n) is 10.1. The number of aryl methyl sites for hydroxylation is 1. The number of hydrogen-bond donors (Lipinski definition) is 2. The zero-order valence-corrected chi connectivity index (χ0v) is 26.4. The summed E-state index contributed by atoms with van der Waals surface area (Å²) in [5.74, 6) is -2.52. The molecule has 0 spiro atoms. The van der Waals surface area contributed by atoms with E-state index in [9.17, 15) is 14.0 Å². The van der Waals surface area contributed by atoms with Gasteiger partial charge >= 0.3 is 5.97 Å². The third-order valence-corrected chi connectivity index (χ3v) is 6.96. The first-order valence-electron chi connectivity index (χ1n) is 13.3. The van der Waals surface area contributed by atoms with Gasteiger partial charge in [-0.15, -0.1) is 0 Å². The van der Waals surface area contributed by atoms with Crippen LogP contribution in [0.25, 0.3) is 0 Å². The predicted octanol–water partition coefficient (Wildman–Crippen LogP) is 5.48. The number of carbonyl (C=O) groups is 1. The van der Waals surface area contributed by atoms with Crippen molar-refractivity contribution in [2.45, 2.75) is 26.8 Å². The van der Waals surface area contributed by atoms with E-state index in [1.54, 1.807) is 32.0 Å². The first-order chi connectivity index (χ1) is 20.3. The van der Waals surface area contributed by atoms with E-state index >= 15 is 0 Å². The van der Waals surface area contributed by atoms with Gasteiger partial charge in [0.15, 0.2) is 0 Å². The molecular weight excluding hydrogens is 600 g/mol. The van der Waals surface area contributed by atoms with E-state index in [1.807, 2.05) is 13.8 Å². The Morgan fingerprint density at radius 2 is 1.93 bits per heavy atom. The van der Waals surface area contributed by atoms with Gasteiger partial charge in [0.25, 0.3) is 5.56 Å². The van der Waals surface area contributed by atoms with Crippen LogP contribution in [-0.2, 0) is 16.6 Å². The highest BCUT2D eigenvalue weighted by atomic mass is 35.5. The number of esters is 1. The van der Waals surface area contributed by atoms with Gasteiger partial charge in [0.05, 0.1) is 42.6 Å². The lowest BCUT2D eigenvalue weighted by atomic mass is 9.80. The minimum atomic E-state index is -1.13. The quantitative estimate of drug-likeness (QED) is 0.198. The van der Waals surface area contributed by atoms with Gasteiger partial charge < -0.3 is 24.3 Å². The van der Waals surface area contributed by atoms with E-state index in [4.69, 9.17) is 43.1 Å². The van der Waals surface area contributed by atoms with E-state index in [1.165, 1.54) is 49.3 Å². The molecule has 0 saturated heterocycles. The standard InChI is InChI=1S/C29H34Cl2FN7O4/c1-8-43-28(41)23(33)22(24(15(2)3)36-21-13-34-29(38(4)5)37-26(21)42-7)25(16-9-10-18(30)20(32)11-16)35-17-12-19(31)27(40)39(6)14-17/h9-15,22,25,33,35H,8H2,1-7H3. The summed E-state index contributed by atoms with van der Waals surface area (Å²) < 4.78 is 26.9. The number of ether oxygens (including phenoxy) is 2. The van der Waals surface area contributed by atoms with E-state index in [0.29, 0.717) is 22.9 Å². The summed E-state index contributed by atoms with van der Waals surface area (Å²) in [5.41, 5.74) is 0.447. The summed E-state index contributed by atoms with van der Waals surface area (Å²) in [4.78, 5) is 40.7. The first kappa shape index (κ1) is 33.5. The molecule has 11 nitrogen and oxygen atoms in total. The van der Waals surface area contributed by atoms with Gasteiger partial charge in [-0.2, -0.15) is 4.98 Å². The maximum atomic E-state index is 14.9. The Hall–Kier alpha value is -4.03. The average Bonchev–Trinajstić information content (AvgIpc) is 2.96. The fourth-order valence-corrected chi connectivity index (χ4v) is 4.67. The van der Waals surface area contributed by atoms with Crippen LogP contribution in [-0.4, -0.2) is 59.7 Å². The van der Waals surface area contributed by atoms with E-state index in [-0.39, 0.29) is 34.1 Å². The molecule has 14 heteroatoms. The van der Waals surface area contributed by atoms with Gasteiger partial charge in [-0.25, -0.2) is 19.2 Å². The van der Waals surface area contributed by atoms with Crippen molar-refractivity contribution in [3.05, 3.63) is 68.4 Å². The fraction of sp³-hybridized carbons (Fsp3) is 0.379. The molecule has 2 heterocycles. The minimum absolute atomic E-state index is 0.0276. The Bertz CT molecular complexity index is 1570. The number of halogens is 3. The lowest BCUT2D eigenvalue weighted by Gasteiger charge is -2.32. The number of hydrogen-bond acceptors (Lipinski definition) is 10. The summed E-state index contributed by atoms with van der Waals surface area (Å²) >= 11 is 12.2. The van der Waals surface area contributed by atoms with Crippen LogP contribution in [0.4, 0.5) is 21.7 Å². The van der Waals surface area contributed by atoms with Crippen molar-refractivity contribution in [2.75, 3.05) is 38.0 Å². The smallest absolute Gasteiger partial charge is 0.352 e. The monoisotopic (exact) mass is 633 g/mol. The maximum absolute atomic E-state index is 14.9. The predicted molar refractivity (Wildman–Crippen MR) is 167 cm³/mol. The molecule has 0 aliphatic rings. The van der Waals surface area contributed by atoms with Gasteiger partial charge in [0.2, 0.25) is 11.8 Å². The summed E-state index contributed by atoms with van der Waals surface area (Å²) in [6.07, 6.45) is 2.98. The van der Waals surface area contributed by atoms with Crippen LogP contribution >= 0.6 is 23.2 Å². The molecule has 2 N–H and O–H groups in total. The number of anilines is 2. The largest absolute Gasteiger partial charge is 0.479 e. The number of nitrogens with zero attached hydrogens (tertiary/aromatic N) is 5. The average molecular weight is 635 g/mol. The van der Waals surface area contributed by atoms with Crippen LogP contribution in [0, 0.1) is 23.1 Å². The zero-order chi connectivity index (χ0) is 32.0. The van der Waals surface area contributed by atoms with Crippen LogP contribution in [0.15, 0.2) is 46.4 Å². The third kappa shape index (κ3) is 7.88. The lowest BCUT2D eigenvalue weighted by Crippen LogP contribution is -2.40. The molecule has 0 saturated carbocycles. The molecule has 0 aliphatic carbocycles. The second kappa shape index (κ2) is 14.4. The van der Waals surface area contributed by atoms with Crippen molar-refractivity contribution >= 4 is 57.9 Å². The molecule has 0 fully saturated rings. The van der Waals surface area contributed by atoms with Gasteiger partial charge in [-0.3, -0.25) is 10.2 Å². The molecule has 230 valence electrons. The highest BCUT2D eigenvalue weighted by molar-refractivity contribution is 6.40. The normalized spacial score (nSPS) is 13.0. The Labute approximate surface area is 259 Å². The Balaban J connectivity index is 2.34. The third-order valence-electron chi connectivity index (χ3n) is 6.38. The van der Waals surface area contributed by atoms with Gasteiger partial charge in [0, 0.05) is 33.1 Å². The highest BCUT2D eigenvalue weighted by Crippen LogP contribution is 2.36. The van der Waals surface area contributed by atoms with E-state index in [2.05, 4.69) is 15.3 Å². The van der Waals surface area contributed by atoms with Crippen molar-refractivity contribution in [3.63, 3.8) is 0 Å². The Morgan fingerprint density at radius 3 is 2.49 bits per heavy atom. The van der Waals surface area contributed by atoms with E-state index in [0.717, 1.165) is 0 Å². The molecule has 2 aromatic heterocycles. The molecule has 3 aromatic rings. The zero-order valence-electron chi connectivity index (χ0n) is 24.9. The first-order valence-corrected chi connectivity index (χ1v) is 14.0. The summed E-state index contributed by atoms with van der Waals surface area (Å²) in [6.45, 7) is 5.34. The van der Waals surface area contributed by atoms with Crippen molar-refractivity contribution in [3.8, 4) is 5.88 Å². The van der Waals surface area contributed by atoms with Crippen LogP contribution in [0.2, 0.25) is 10.0 Å². The molecule has 0 bridgehead atoms. The van der Waals surface area contributed by atoms with Crippen molar-refractivity contribution in [2.24, 2.45) is 23.9 Å². The summed E-state index contributed by atoms with van der Waals surface area (Å²) in [7, 11) is 6.53. The van der Waals surface area contributed by atoms with E-state index < -0.39 is 35.0 Å². The molecule has 3 rings (SSSR count). The number of carbonyl (C=O) groups excluding carboxylic acids is 1. The molecule has 2 unspecified atom stereocenters. The molecule has 2 atom stereocenters. The van der Waals surface area contributed by atoms with Gasteiger partial charge in [-0.05, 0) is 36.6 Å². The van der Waals surface area contributed by atoms with Crippen molar-refractivity contribution < 1.29 is 18.7 Å². The van der Waals surface area contributed by atoms with Crippen LogP contribution in [0.5, 0.6) is 5.88 Å².